The van der Waals surface area contributed by atoms with Crippen LogP contribution in [0.25, 0.3) is 6.08 Å². The Morgan fingerprint density at radius 1 is 1.19 bits per heavy atom. The minimum absolute atomic E-state index is 0.0615. The van der Waals surface area contributed by atoms with Crippen molar-refractivity contribution in [3.8, 4) is 5.75 Å². The van der Waals surface area contributed by atoms with Crippen molar-refractivity contribution in [2.75, 3.05) is 6.54 Å². The van der Waals surface area contributed by atoms with Crippen molar-refractivity contribution in [3.05, 3.63) is 63.0 Å². The van der Waals surface area contributed by atoms with Gasteiger partial charge in [-0.15, -0.1) is 0 Å². The van der Waals surface area contributed by atoms with Crippen LogP contribution in [0.15, 0.2) is 46.3 Å². The molecule has 0 unspecified atom stereocenters. The molecule has 1 saturated heterocycles. The molecule has 0 bridgehead atoms. The van der Waals surface area contributed by atoms with Crippen molar-refractivity contribution < 1.29 is 9.90 Å². The van der Waals surface area contributed by atoms with Gasteiger partial charge >= 0.3 is 0 Å². The van der Waals surface area contributed by atoms with E-state index in [-0.39, 0.29) is 11.7 Å². The first kappa shape index (κ1) is 18.5. The van der Waals surface area contributed by atoms with Gasteiger partial charge in [-0.2, -0.15) is 0 Å². The number of rotatable bonds is 3. The molecule has 1 N–H and O–H groups in total. The van der Waals surface area contributed by atoms with E-state index in [1.165, 1.54) is 11.8 Å². The number of amidine groups is 1. The number of carbonyl (C=O) groups excluding carboxylic acids is 1. The topological polar surface area (TPSA) is 52.9 Å². The van der Waals surface area contributed by atoms with E-state index in [1.54, 1.807) is 17.0 Å². The lowest BCUT2D eigenvalue weighted by molar-refractivity contribution is -0.122. The highest BCUT2D eigenvalue weighted by Crippen LogP contribution is 2.35. The van der Waals surface area contributed by atoms with Crippen LogP contribution in [0, 0.1) is 13.8 Å². The molecule has 0 radical (unpaired) electrons. The van der Waals surface area contributed by atoms with Gasteiger partial charge in [0.15, 0.2) is 5.17 Å². The molecule has 1 heterocycles. The summed E-state index contributed by atoms with van der Waals surface area (Å²) in [6.07, 6.45) is 1.85. The number of carbonyl (C=O) groups is 1. The molecule has 2 aromatic carbocycles. The highest BCUT2D eigenvalue weighted by Gasteiger charge is 2.32. The number of nitrogens with zero attached hydrogens (tertiary/aromatic N) is 2. The van der Waals surface area contributed by atoms with Gasteiger partial charge in [0, 0.05) is 11.6 Å². The summed E-state index contributed by atoms with van der Waals surface area (Å²) >= 11 is 7.27. The number of aromatic hydroxyl groups is 1. The van der Waals surface area contributed by atoms with Crippen molar-refractivity contribution in [3.63, 3.8) is 0 Å². The number of thioether (sulfide) groups is 1. The summed E-state index contributed by atoms with van der Waals surface area (Å²) in [6, 6.07) is 10.9. The maximum atomic E-state index is 12.7. The van der Waals surface area contributed by atoms with Crippen LogP contribution in [0.5, 0.6) is 5.75 Å². The predicted octanol–water partition coefficient (Wildman–Crippen LogP) is 5.29. The van der Waals surface area contributed by atoms with Crippen molar-refractivity contribution in [1.82, 2.24) is 4.90 Å². The van der Waals surface area contributed by atoms with Crippen LogP contribution in [0.4, 0.5) is 5.69 Å². The van der Waals surface area contributed by atoms with Crippen LogP contribution >= 0.6 is 23.4 Å². The Bertz CT molecular complexity index is 897. The first-order chi connectivity index (χ1) is 12.4. The second-order valence-corrected chi connectivity index (χ2v) is 7.48. The van der Waals surface area contributed by atoms with E-state index in [2.05, 4.69) is 4.99 Å². The number of likely N-dealkylation sites (N-methyl/N-ethyl adjacent to an activating group) is 1. The molecular formula is C20H19ClN2O2S. The van der Waals surface area contributed by atoms with Crippen molar-refractivity contribution in [1.29, 1.82) is 0 Å². The number of aliphatic imine (C=N–C) groups is 1. The molecule has 1 aliphatic heterocycles. The molecular weight excluding hydrogens is 368 g/mol. The third-order valence-electron chi connectivity index (χ3n) is 4.07. The fourth-order valence-corrected chi connectivity index (χ4v) is 3.91. The number of aryl methyl sites for hydroxylation is 2. The van der Waals surface area contributed by atoms with E-state index < -0.39 is 0 Å². The number of benzene rings is 2. The summed E-state index contributed by atoms with van der Waals surface area (Å²) in [4.78, 5) is 19.6. The maximum absolute atomic E-state index is 12.7. The van der Waals surface area contributed by atoms with Crippen LogP contribution in [0.2, 0.25) is 5.02 Å². The smallest absolute Gasteiger partial charge is 0.266 e. The third kappa shape index (κ3) is 3.79. The molecule has 1 aliphatic rings. The van der Waals surface area contributed by atoms with Crippen molar-refractivity contribution in [2.45, 2.75) is 20.8 Å². The monoisotopic (exact) mass is 386 g/mol. The average molecular weight is 387 g/mol. The SMILES string of the molecule is CCN1C(=O)/C(=C\c2cc(C)c(O)c(C)c2)SC1=Nc1ccc(Cl)cc1. The molecule has 1 fully saturated rings. The zero-order chi connectivity index (χ0) is 18.8. The number of amides is 1. The summed E-state index contributed by atoms with van der Waals surface area (Å²) in [6.45, 7) is 6.16. The van der Waals surface area contributed by atoms with Gasteiger partial charge in [0.05, 0.1) is 10.6 Å². The summed E-state index contributed by atoms with van der Waals surface area (Å²) in [5, 5.41) is 11.2. The highest BCUT2D eigenvalue weighted by molar-refractivity contribution is 8.18. The average Bonchev–Trinajstić information content (AvgIpc) is 2.89. The molecule has 0 atom stereocenters. The number of phenolic OH excluding ortho intramolecular Hbond substituents is 1. The zero-order valence-electron chi connectivity index (χ0n) is 14.8. The second-order valence-electron chi connectivity index (χ2n) is 6.03. The minimum Gasteiger partial charge on any atom is -0.507 e. The van der Waals surface area contributed by atoms with Gasteiger partial charge in [0.2, 0.25) is 0 Å². The van der Waals surface area contributed by atoms with Gasteiger partial charge in [-0.1, -0.05) is 11.6 Å². The fraction of sp³-hybridized carbons (Fsp3) is 0.200. The van der Waals surface area contributed by atoms with E-state index in [9.17, 15) is 9.90 Å². The van der Waals surface area contributed by atoms with Gasteiger partial charge in [-0.3, -0.25) is 9.69 Å². The first-order valence-corrected chi connectivity index (χ1v) is 9.44. The normalized spacial score (nSPS) is 17.5. The molecule has 2 aromatic rings. The van der Waals surface area contributed by atoms with Crippen LogP contribution in [-0.2, 0) is 4.79 Å². The highest BCUT2D eigenvalue weighted by atomic mass is 35.5. The molecule has 6 heteroatoms. The molecule has 1 amide bonds. The zero-order valence-corrected chi connectivity index (χ0v) is 16.4. The van der Waals surface area contributed by atoms with E-state index in [0.29, 0.717) is 21.6 Å². The number of hydrogen-bond donors (Lipinski definition) is 1. The summed E-state index contributed by atoms with van der Waals surface area (Å²) < 4.78 is 0. The quantitative estimate of drug-likeness (QED) is 0.729. The molecule has 0 saturated carbocycles. The van der Waals surface area contributed by atoms with E-state index in [1.807, 2.05) is 51.1 Å². The Morgan fingerprint density at radius 2 is 1.81 bits per heavy atom. The number of hydrogen-bond acceptors (Lipinski definition) is 4. The molecule has 134 valence electrons. The molecule has 0 aliphatic carbocycles. The Morgan fingerprint density at radius 3 is 2.38 bits per heavy atom. The number of halogens is 1. The Balaban J connectivity index is 1.95. The Labute approximate surface area is 162 Å². The Kier molecular flexibility index (Phi) is 5.39. The van der Waals surface area contributed by atoms with Gasteiger partial charge in [0.25, 0.3) is 5.91 Å². The lowest BCUT2D eigenvalue weighted by atomic mass is 10.1. The number of phenols is 1. The van der Waals surface area contributed by atoms with Crippen LogP contribution in [0.1, 0.15) is 23.6 Å². The van der Waals surface area contributed by atoms with Crippen molar-refractivity contribution in [2.24, 2.45) is 4.99 Å². The summed E-state index contributed by atoms with van der Waals surface area (Å²) in [5.74, 6) is 0.228. The van der Waals surface area contributed by atoms with Gasteiger partial charge < -0.3 is 5.11 Å². The van der Waals surface area contributed by atoms with Gasteiger partial charge in [-0.05, 0) is 91.7 Å². The molecule has 3 rings (SSSR count). The fourth-order valence-electron chi connectivity index (χ4n) is 2.72. The first-order valence-electron chi connectivity index (χ1n) is 8.25. The van der Waals surface area contributed by atoms with Crippen LogP contribution < -0.4 is 0 Å². The lowest BCUT2D eigenvalue weighted by Gasteiger charge is -2.12. The van der Waals surface area contributed by atoms with E-state index in [4.69, 9.17) is 11.6 Å². The van der Waals surface area contributed by atoms with E-state index in [0.717, 1.165) is 22.4 Å². The standard InChI is InChI=1S/C20H19ClN2O2S/c1-4-23-19(25)17(11-14-9-12(2)18(24)13(3)10-14)26-20(23)22-16-7-5-15(21)6-8-16/h5-11,24H,4H2,1-3H3/b17-11+,22-20?. The maximum Gasteiger partial charge on any atom is 0.266 e. The lowest BCUT2D eigenvalue weighted by Crippen LogP contribution is -2.28. The van der Waals surface area contributed by atoms with Crippen LogP contribution in [-0.4, -0.2) is 27.6 Å². The largest absolute Gasteiger partial charge is 0.507 e. The summed E-state index contributed by atoms with van der Waals surface area (Å²) in [5.41, 5.74) is 3.21. The van der Waals surface area contributed by atoms with Crippen LogP contribution in [0.3, 0.4) is 0 Å². The minimum atomic E-state index is -0.0615. The molecule has 0 aromatic heterocycles. The Hall–Kier alpha value is -2.24. The molecule has 26 heavy (non-hydrogen) atoms. The van der Waals surface area contributed by atoms with Gasteiger partial charge in [-0.25, -0.2) is 4.99 Å². The molecule has 4 nitrogen and oxygen atoms in total. The van der Waals surface area contributed by atoms with Crippen molar-refractivity contribution >= 4 is 46.2 Å². The second kappa shape index (κ2) is 7.56. The molecule has 0 spiro atoms. The summed E-state index contributed by atoms with van der Waals surface area (Å²) in [7, 11) is 0. The van der Waals surface area contributed by atoms with E-state index >= 15 is 0 Å². The van der Waals surface area contributed by atoms with Gasteiger partial charge in [0.1, 0.15) is 5.75 Å². The third-order valence-corrected chi connectivity index (χ3v) is 5.33. The predicted molar refractivity (Wildman–Crippen MR) is 109 cm³/mol.